The van der Waals surface area contributed by atoms with Crippen molar-refractivity contribution >= 4 is 17.3 Å². The first kappa shape index (κ1) is 16.7. The summed E-state index contributed by atoms with van der Waals surface area (Å²) in [5.41, 5.74) is 5.67. The largest absolute Gasteiger partial charge is 0.372 e. The molecule has 0 fully saturated rings. The van der Waals surface area contributed by atoms with E-state index >= 15 is 0 Å². The fourth-order valence-corrected chi connectivity index (χ4v) is 2.25. The Kier molecular flexibility index (Phi) is 5.86. The molecule has 0 radical (unpaired) electrons. The quantitative estimate of drug-likeness (QED) is 0.659. The zero-order chi connectivity index (χ0) is 16.7. The number of rotatable bonds is 6. The minimum absolute atomic E-state index is 0.230. The Morgan fingerprint density at radius 1 is 1.13 bits per heavy atom. The zero-order valence-corrected chi connectivity index (χ0v) is 13.8. The van der Waals surface area contributed by atoms with Gasteiger partial charge in [-0.15, -0.1) is 0 Å². The molecule has 1 amide bonds. The smallest absolute Gasteiger partial charge is 0.271 e. The number of hydrogen-bond acceptors (Lipinski definition) is 4. The molecular formula is C18H22N4O. The highest BCUT2D eigenvalue weighted by atomic mass is 16.2. The molecule has 0 atom stereocenters. The number of nitrogens with one attached hydrogen (secondary N) is 1. The Balaban J connectivity index is 2.03. The molecule has 0 bridgehead atoms. The topological polar surface area (TPSA) is 57.6 Å². The summed E-state index contributed by atoms with van der Waals surface area (Å²) in [7, 11) is 0. The molecule has 23 heavy (non-hydrogen) atoms. The molecule has 5 heteroatoms. The van der Waals surface area contributed by atoms with E-state index in [1.165, 1.54) is 0 Å². The number of nitrogens with zero attached hydrogens (tertiary/aromatic N) is 3. The first-order valence-electron chi connectivity index (χ1n) is 7.76. The van der Waals surface area contributed by atoms with Crippen molar-refractivity contribution in [2.45, 2.75) is 20.8 Å². The molecule has 0 spiro atoms. The molecule has 2 rings (SSSR count). The van der Waals surface area contributed by atoms with Gasteiger partial charge >= 0.3 is 0 Å². The van der Waals surface area contributed by atoms with Crippen molar-refractivity contribution in [3.63, 3.8) is 0 Å². The third kappa shape index (κ3) is 4.39. The van der Waals surface area contributed by atoms with E-state index in [0.717, 1.165) is 24.5 Å². The second-order valence-corrected chi connectivity index (χ2v) is 5.07. The zero-order valence-electron chi connectivity index (χ0n) is 13.8. The highest BCUT2D eigenvalue weighted by molar-refractivity contribution is 5.99. The van der Waals surface area contributed by atoms with Crippen molar-refractivity contribution in [3.05, 3.63) is 59.9 Å². The number of hydrazone groups is 1. The molecular weight excluding hydrogens is 288 g/mol. The molecule has 2 aromatic rings. The number of aromatic nitrogens is 1. The molecule has 0 aliphatic rings. The first-order valence-corrected chi connectivity index (χ1v) is 7.76. The Bertz CT molecular complexity index is 661. The number of benzene rings is 1. The van der Waals surface area contributed by atoms with Gasteiger partial charge in [-0.25, -0.2) is 5.43 Å². The van der Waals surface area contributed by atoms with Crippen LogP contribution in [0.25, 0.3) is 0 Å². The van der Waals surface area contributed by atoms with Crippen LogP contribution in [0.4, 0.5) is 5.69 Å². The third-order valence-corrected chi connectivity index (χ3v) is 3.62. The number of anilines is 1. The Labute approximate surface area is 137 Å². The number of carbonyl (C=O) groups is 1. The van der Waals surface area contributed by atoms with E-state index < -0.39 is 0 Å². The van der Waals surface area contributed by atoms with Crippen molar-refractivity contribution in [1.29, 1.82) is 0 Å². The Morgan fingerprint density at radius 2 is 1.83 bits per heavy atom. The lowest BCUT2D eigenvalue weighted by Crippen LogP contribution is -2.22. The maximum Gasteiger partial charge on any atom is 0.271 e. The summed E-state index contributed by atoms with van der Waals surface area (Å²) in [6, 6.07) is 13.1. The van der Waals surface area contributed by atoms with Crippen molar-refractivity contribution in [1.82, 2.24) is 10.4 Å². The molecule has 5 nitrogen and oxygen atoms in total. The van der Waals surface area contributed by atoms with Gasteiger partial charge in [0.2, 0.25) is 0 Å². The lowest BCUT2D eigenvalue weighted by atomic mass is 10.2. The van der Waals surface area contributed by atoms with Crippen LogP contribution in [0.2, 0.25) is 0 Å². The van der Waals surface area contributed by atoms with Gasteiger partial charge in [0.25, 0.3) is 5.91 Å². The van der Waals surface area contributed by atoms with Gasteiger partial charge in [0, 0.05) is 30.5 Å². The van der Waals surface area contributed by atoms with Gasteiger partial charge in [0.05, 0.1) is 11.4 Å². The number of pyridine rings is 1. The summed E-state index contributed by atoms with van der Waals surface area (Å²) in [5.74, 6) is -0.230. The highest BCUT2D eigenvalue weighted by Crippen LogP contribution is 2.14. The van der Waals surface area contributed by atoms with E-state index in [2.05, 4.69) is 34.3 Å². The molecule has 1 N–H and O–H groups in total. The Hall–Kier alpha value is -2.69. The van der Waals surface area contributed by atoms with Crippen molar-refractivity contribution < 1.29 is 4.79 Å². The van der Waals surface area contributed by atoms with Crippen molar-refractivity contribution in [3.8, 4) is 0 Å². The van der Waals surface area contributed by atoms with Crippen LogP contribution in [0.3, 0.4) is 0 Å². The average molecular weight is 310 g/mol. The van der Waals surface area contributed by atoms with Gasteiger partial charge in [-0.2, -0.15) is 5.10 Å². The normalized spacial score (nSPS) is 11.2. The minimum atomic E-state index is -0.230. The monoisotopic (exact) mass is 310 g/mol. The molecule has 0 aliphatic carbocycles. The predicted molar refractivity (Wildman–Crippen MR) is 93.9 cm³/mol. The van der Waals surface area contributed by atoms with Gasteiger partial charge in [0.15, 0.2) is 0 Å². The second-order valence-electron chi connectivity index (χ2n) is 5.07. The van der Waals surface area contributed by atoms with Crippen LogP contribution in [0.5, 0.6) is 0 Å². The average Bonchev–Trinajstić information content (AvgIpc) is 2.61. The minimum Gasteiger partial charge on any atom is -0.372 e. The Morgan fingerprint density at radius 3 is 2.39 bits per heavy atom. The standard InChI is InChI=1S/C18H22N4O/c1-4-22(5-2)16-11-9-15(10-12-16)18(23)21-20-14(3)17-8-6-7-13-19-17/h6-13H,4-5H2,1-3H3,(H,21,23)/b20-14-. The SMILES string of the molecule is CCN(CC)c1ccc(C(=O)N/N=C(/C)c2ccccn2)cc1. The molecule has 120 valence electrons. The summed E-state index contributed by atoms with van der Waals surface area (Å²) in [4.78, 5) is 18.6. The van der Waals surface area contributed by atoms with Crippen LogP contribution >= 0.6 is 0 Å². The van der Waals surface area contributed by atoms with Crippen molar-refractivity contribution in [2.75, 3.05) is 18.0 Å². The van der Waals surface area contributed by atoms with E-state index in [0.29, 0.717) is 11.3 Å². The molecule has 0 saturated heterocycles. The molecule has 0 saturated carbocycles. The summed E-state index contributed by atoms with van der Waals surface area (Å²) < 4.78 is 0. The van der Waals surface area contributed by atoms with Crippen molar-refractivity contribution in [2.24, 2.45) is 5.10 Å². The number of carbonyl (C=O) groups excluding carboxylic acids is 1. The molecule has 1 heterocycles. The van der Waals surface area contributed by atoms with E-state index in [-0.39, 0.29) is 5.91 Å². The lowest BCUT2D eigenvalue weighted by molar-refractivity contribution is 0.0955. The summed E-state index contributed by atoms with van der Waals surface area (Å²) in [5, 5.41) is 4.10. The van der Waals surface area contributed by atoms with Crippen LogP contribution in [0.1, 0.15) is 36.8 Å². The first-order chi connectivity index (χ1) is 11.2. The number of amides is 1. The maximum atomic E-state index is 12.1. The van der Waals surface area contributed by atoms with Crippen LogP contribution in [0.15, 0.2) is 53.8 Å². The van der Waals surface area contributed by atoms with Crippen LogP contribution < -0.4 is 10.3 Å². The van der Waals surface area contributed by atoms with E-state index in [1.54, 1.807) is 6.20 Å². The van der Waals surface area contributed by atoms with Gasteiger partial charge in [-0.3, -0.25) is 9.78 Å². The fourth-order valence-electron chi connectivity index (χ4n) is 2.25. The van der Waals surface area contributed by atoms with Gasteiger partial charge in [0.1, 0.15) is 0 Å². The summed E-state index contributed by atoms with van der Waals surface area (Å²) >= 11 is 0. The maximum absolute atomic E-state index is 12.1. The molecule has 0 unspecified atom stereocenters. The fraction of sp³-hybridized carbons (Fsp3) is 0.278. The molecule has 1 aromatic carbocycles. The summed E-state index contributed by atoms with van der Waals surface area (Å²) in [6.45, 7) is 7.91. The van der Waals surface area contributed by atoms with Gasteiger partial charge in [-0.1, -0.05) is 6.07 Å². The van der Waals surface area contributed by atoms with E-state index in [9.17, 15) is 4.79 Å². The van der Waals surface area contributed by atoms with Crippen LogP contribution in [-0.4, -0.2) is 29.7 Å². The van der Waals surface area contributed by atoms with Gasteiger partial charge in [-0.05, 0) is 57.2 Å². The lowest BCUT2D eigenvalue weighted by Gasteiger charge is -2.20. The molecule has 0 aliphatic heterocycles. The highest BCUT2D eigenvalue weighted by Gasteiger charge is 2.07. The van der Waals surface area contributed by atoms with E-state index in [1.807, 2.05) is 49.4 Å². The van der Waals surface area contributed by atoms with Gasteiger partial charge < -0.3 is 4.90 Å². The second kappa shape index (κ2) is 8.08. The van der Waals surface area contributed by atoms with E-state index in [4.69, 9.17) is 0 Å². The predicted octanol–water partition coefficient (Wildman–Crippen LogP) is 3.08. The molecule has 1 aromatic heterocycles. The third-order valence-electron chi connectivity index (χ3n) is 3.62. The van der Waals surface area contributed by atoms with Crippen LogP contribution in [-0.2, 0) is 0 Å². The summed E-state index contributed by atoms with van der Waals surface area (Å²) in [6.07, 6.45) is 1.70. The van der Waals surface area contributed by atoms with Crippen LogP contribution in [0, 0.1) is 0 Å². The number of hydrogen-bond donors (Lipinski definition) is 1.